The number of rotatable bonds is 4. The van der Waals surface area contributed by atoms with E-state index in [2.05, 4.69) is 26.0 Å². The Balaban J connectivity index is 2.26. The zero-order valence-electron chi connectivity index (χ0n) is 9.25. The van der Waals surface area contributed by atoms with Crippen molar-refractivity contribution >= 4 is 6.29 Å². The lowest BCUT2D eigenvalue weighted by atomic mass is 9.87. The number of carbonyl (C=O) groups excluding carboxylic acids is 1. The third kappa shape index (κ3) is 3.91. The Kier molecular flexibility index (Phi) is 4.64. The maximum Gasteiger partial charge on any atom is 0.145 e. The molecule has 14 heavy (non-hydrogen) atoms. The summed E-state index contributed by atoms with van der Waals surface area (Å²) in [6.45, 7) is 4.29. The molecule has 0 heterocycles. The van der Waals surface area contributed by atoms with E-state index >= 15 is 0 Å². The highest BCUT2D eigenvalue weighted by Gasteiger charge is 2.12. The van der Waals surface area contributed by atoms with Gasteiger partial charge < -0.3 is 0 Å². The minimum atomic E-state index is 0.800. The highest BCUT2D eigenvalue weighted by molar-refractivity contribution is 5.73. The molecule has 0 aromatic rings. The molecule has 0 fully saturated rings. The summed E-state index contributed by atoms with van der Waals surface area (Å²) in [7, 11) is 0. The first-order valence-corrected chi connectivity index (χ1v) is 5.50. The number of aldehydes is 1. The van der Waals surface area contributed by atoms with Crippen LogP contribution in [0.3, 0.4) is 0 Å². The average Bonchev–Trinajstić information content (AvgIpc) is 2.18. The number of hydrogen-bond acceptors (Lipinski definition) is 1. The fourth-order valence-electron chi connectivity index (χ4n) is 1.89. The Labute approximate surface area is 86.9 Å². The van der Waals surface area contributed by atoms with Crippen LogP contribution in [-0.4, -0.2) is 6.29 Å². The molecule has 1 aliphatic rings. The predicted octanol–water partition coefficient (Wildman–Crippen LogP) is 3.66. The van der Waals surface area contributed by atoms with Crippen LogP contribution >= 0.6 is 0 Å². The molecule has 1 nitrogen and oxygen atoms in total. The summed E-state index contributed by atoms with van der Waals surface area (Å²) in [5, 5.41) is 0. The van der Waals surface area contributed by atoms with E-state index in [1.54, 1.807) is 0 Å². The van der Waals surface area contributed by atoms with Crippen LogP contribution in [0.2, 0.25) is 0 Å². The Morgan fingerprint density at radius 3 is 2.86 bits per heavy atom. The largest absolute Gasteiger partial charge is 0.298 e. The summed E-state index contributed by atoms with van der Waals surface area (Å²) in [5.74, 6) is 0.800. The van der Waals surface area contributed by atoms with Crippen molar-refractivity contribution in [1.82, 2.24) is 0 Å². The van der Waals surface area contributed by atoms with Crippen molar-refractivity contribution in [2.45, 2.75) is 46.0 Å². The van der Waals surface area contributed by atoms with Gasteiger partial charge in [0.15, 0.2) is 0 Å². The molecule has 0 aliphatic heterocycles. The molecule has 0 saturated carbocycles. The van der Waals surface area contributed by atoms with Crippen LogP contribution in [0, 0.1) is 5.92 Å². The van der Waals surface area contributed by atoms with E-state index in [-0.39, 0.29) is 0 Å². The van der Waals surface area contributed by atoms with Crippen molar-refractivity contribution < 1.29 is 4.79 Å². The van der Waals surface area contributed by atoms with Crippen molar-refractivity contribution in [3.63, 3.8) is 0 Å². The Hall–Kier alpha value is -0.850. The molecule has 0 spiro atoms. The van der Waals surface area contributed by atoms with Gasteiger partial charge in [0.25, 0.3) is 0 Å². The maximum atomic E-state index is 10.5. The summed E-state index contributed by atoms with van der Waals surface area (Å²) in [5.41, 5.74) is 2.41. The molecule has 1 atom stereocenters. The number of hydrogen-bond donors (Lipinski definition) is 0. The molecule has 0 aromatic carbocycles. The van der Waals surface area contributed by atoms with Gasteiger partial charge in [-0.3, -0.25) is 4.79 Å². The van der Waals surface area contributed by atoms with Gasteiger partial charge in [0, 0.05) is 0 Å². The van der Waals surface area contributed by atoms with E-state index in [0.717, 1.165) is 30.6 Å². The van der Waals surface area contributed by atoms with Crippen molar-refractivity contribution in [3.8, 4) is 0 Å². The van der Waals surface area contributed by atoms with E-state index in [1.807, 2.05) is 0 Å². The highest BCUT2D eigenvalue weighted by Crippen LogP contribution is 2.26. The van der Waals surface area contributed by atoms with Crippen molar-refractivity contribution in [3.05, 3.63) is 23.3 Å². The van der Waals surface area contributed by atoms with Crippen molar-refractivity contribution in [1.29, 1.82) is 0 Å². The van der Waals surface area contributed by atoms with Crippen LogP contribution in [0.15, 0.2) is 23.3 Å². The van der Waals surface area contributed by atoms with Gasteiger partial charge in [-0.1, -0.05) is 17.7 Å². The lowest BCUT2D eigenvalue weighted by molar-refractivity contribution is -0.105. The van der Waals surface area contributed by atoms with E-state index < -0.39 is 0 Å². The average molecular weight is 192 g/mol. The molecule has 0 saturated heterocycles. The van der Waals surface area contributed by atoms with Crippen LogP contribution in [-0.2, 0) is 4.79 Å². The normalized spacial score (nSPS) is 21.3. The third-order valence-electron chi connectivity index (χ3n) is 2.83. The molecule has 0 bridgehead atoms. The monoisotopic (exact) mass is 192 g/mol. The smallest absolute Gasteiger partial charge is 0.145 e. The first kappa shape index (κ1) is 11.2. The topological polar surface area (TPSA) is 17.1 Å². The second-order valence-corrected chi connectivity index (χ2v) is 4.40. The zero-order valence-corrected chi connectivity index (χ0v) is 9.25. The summed E-state index contributed by atoms with van der Waals surface area (Å²) < 4.78 is 0. The summed E-state index contributed by atoms with van der Waals surface area (Å²) in [6.07, 6.45) is 11.2. The molecule has 0 radical (unpaired) electrons. The zero-order chi connectivity index (χ0) is 10.4. The summed E-state index contributed by atoms with van der Waals surface area (Å²) >= 11 is 0. The van der Waals surface area contributed by atoms with Crippen molar-refractivity contribution in [2.75, 3.05) is 0 Å². The van der Waals surface area contributed by atoms with E-state index in [4.69, 9.17) is 0 Å². The standard InChI is InChI=1S/C13H20O/c1-11(2)4-3-5-12-6-8-13(10-14)9-7-12/h4,8,10,12H,3,5-7,9H2,1-2H3. The summed E-state index contributed by atoms with van der Waals surface area (Å²) in [6, 6.07) is 0. The predicted molar refractivity (Wildman–Crippen MR) is 60.2 cm³/mol. The molecule has 78 valence electrons. The third-order valence-corrected chi connectivity index (χ3v) is 2.83. The number of allylic oxidation sites excluding steroid dienone is 4. The molecular weight excluding hydrogens is 172 g/mol. The quantitative estimate of drug-likeness (QED) is 0.491. The van der Waals surface area contributed by atoms with Crippen LogP contribution in [0.5, 0.6) is 0 Å². The van der Waals surface area contributed by atoms with E-state index in [1.165, 1.54) is 24.8 Å². The maximum absolute atomic E-state index is 10.5. The first-order valence-electron chi connectivity index (χ1n) is 5.50. The van der Waals surface area contributed by atoms with Gasteiger partial charge in [0.05, 0.1) is 0 Å². The molecule has 1 unspecified atom stereocenters. The van der Waals surface area contributed by atoms with E-state index in [0.29, 0.717) is 0 Å². The van der Waals surface area contributed by atoms with Crippen LogP contribution in [0.1, 0.15) is 46.0 Å². The van der Waals surface area contributed by atoms with Crippen LogP contribution < -0.4 is 0 Å². The molecule has 1 heteroatoms. The van der Waals surface area contributed by atoms with Gasteiger partial charge in [0.2, 0.25) is 0 Å². The minimum absolute atomic E-state index is 0.800. The van der Waals surface area contributed by atoms with Gasteiger partial charge in [-0.15, -0.1) is 0 Å². The first-order chi connectivity index (χ1) is 6.72. The summed E-state index contributed by atoms with van der Waals surface area (Å²) in [4.78, 5) is 10.5. The lowest BCUT2D eigenvalue weighted by Crippen LogP contribution is -2.05. The van der Waals surface area contributed by atoms with Gasteiger partial charge in [-0.2, -0.15) is 0 Å². The van der Waals surface area contributed by atoms with Gasteiger partial charge in [0.1, 0.15) is 6.29 Å². The van der Waals surface area contributed by atoms with Gasteiger partial charge in [-0.25, -0.2) is 0 Å². The number of carbonyl (C=O) groups is 1. The molecule has 0 amide bonds. The van der Waals surface area contributed by atoms with Gasteiger partial charge >= 0.3 is 0 Å². The second-order valence-electron chi connectivity index (χ2n) is 4.40. The Bertz CT molecular complexity index is 244. The molecule has 1 aliphatic carbocycles. The molecule has 0 N–H and O–H groups in total. The fraction of sp³-hybridized carbons (Fsp3) is 0.615. The SMILES string of the molecule is CC(C)=CCCC1CC=C(C=O)CC1. The van der Waals surface area contributed by atoms with Crippen LogP contribution in [0.4, 0.5) is 0 Å². The second kappa shape index (κ2) is 5.79. The Morgan fingerprint density at radius 1 is 1.57 bits per heavy atom. The molecule has 1 rings (SSSR count). The van der Waals surface area contributed by atoms with E-state index in [9.17, 15) is 4.79 Å². The lowest BCUT2D eigenvalue weighted by Gasteiger charge is -2.18. The fourth-order valence-corrected chi connectivity index (χ4v) is 1.89. The van der Waals surface area contributed by atoms with Crippen LogP contribution in [0.25, 0.3) is 0 Å². The highest BCUT2D eigenvalue weighted by atomic mass is 16.1. The minimum Gasteiger partial charge on any atom is -0.298 e. The Morgan fingerprint density at radius 2 is 2.36 bits per heavy atom. The molecule has 0 aromatic heterocycles. The van der Waals surface area contributed by atoms with Crippen molar-refractivity contribution in [2.24, 2.45) is 5.92 Å². The van der Waals surface area contributed by atoms with Gasteiger partial charge in [-0.05, 0) is 57.4 Å². The molecular formula is C13H20O.